The van der Waals surface area contributed by atoms with E-state index in [1.807, 2.05) is 50.2 Å². The van der Waals surface area contributed by atoms with E-state index in [2.05, 4.69) is 10.6 Å². The van der Waals surface area contributed by atoms with Crippen molar-refractivity contribution in [1.29, 1.82) is 0 Å². The van der Waals surface area contributed by atoms with Gasteiger partial charge in [0.1, 0.15) is 11.8 Å². The Morgan fingerprint density at radius 1 is 1.18 bits per heavy atom. The van der Waals surface area contributed by atoms with Crippen LogP contribution in [0.5, 0.6) is 0 Å². The zero-order valence-corrected chi connectivity index (χ0v) is 13.3. The number of amides is 3. The Bertz CT molecular complexity index is 606. The van der Waals surface area contributed by atoms with Crippen molar-refractivity contribution in [3.63, 3.8) is 0 Å². The number of nitrogens with zero attached hydrogens (tertiary/aromatic N) is 1. The van der Waals surface area contributed by atoms with Crippen molar-refractivity contribution in [2.45, 2.75) is 19.9 Å². The molecule has 0 saturated heterocycles. The average molecular weight is 303 g/mol. The number of ether oxygens (including phenoxy) is 1. The number of benzene rings is 1. The lowest BCUT2D eigenvalue weighted by atomic mass is 10.0. The lowest BCUT2D eigenvalue weighted by molar-refractivity contribution is -0.116. The number of carbonyl (C=O) groups is 2. The summed E-state index contributed by atoms with van der Waals surface area (Å²) in [6.45, 7) is 3.92. The maximum Gasteiger partial charge on any atom is 0.322 e. The molecule has 6 nitrogen and oxygen atoms in total. The fourth-order valence-electron chi connectivity index (χ4n) is 2.30. The normalized spacial score (nSPS) is 18.5. The molecule has 0 saturated carbocycles. The second kappa shape index (κ2) is 6.51. The maximum absolute atomic E-state index is 11.9. The lowest BCUT2D eigenvalue weighted by Gasteiger charge is -2.22. The predicted molar refractivity (Wildman–Crippen MR) is 84.5 cm³/mol. The molecule has 1 aliphatic rings. The Balaban J connectivity index is 2.43. The number of rotatable bonds is 4. The third-order valence-corrected chi connectivity index (χ3v) is 3.52. The van der Waals surface area contributed by atoms with Crippen molar-refractivity contribution in [2.75, 3.05) is 25.6 Å². The molecular weight excluding hydrogens is 282 g/mol. The van der Waals surface area contributed by atoms with Gasteiger partial charge in [-0.25, -0.2) is 4.79 Å². The van der Waals surface area contributed by atoms with Crippen LogP contribution >= 0.6 is 0 Å². The van der Waals surface area contributed by atoms with Gasteiger partial charge in [0.25, 0.3) is 5.91 Å². The first-order valence-electron chi connectivity index (χ1n) is 7.16. The van der Waals surface area contributed by atoms with Crippen LogP contribution in [0.1, 0.15) is 25.5 Å². The van der Waals surface area contributed by atoms with E-state index in [1.54, 1.807) is 6.92 Å². The van der Waals surface area contributed by atoms with Gasteiger partial charge in [-0.15, -0.1) is 0 Å². The summed E-state index contributed by atoms with van der Waals surface area (Å²) in [5, 5.41) is 5.05. The first-order valence-corrected chi connectivity index (χ1v) is 7.16. The quantitative estimate of drug-likeness (QED) is 0.892. The fraction of sp³-hybridized carbons (Fsp3) is 0.375. The van der Waals surface area contributed by atoms with Gasteiger partial charge in [-0.05, 0) is 31.5 Å². The minimum atomic E-state index is -0.527. The summed E-state index contributed by atoms with van der Waals surface area (Å²) in [4.78, 5) is 25.7. The van der Waals surface area contributed by atoms with Crippen molar-refractivity contribution in [2.24, 2.45) is 0 Å². The summed E-state index contributed by atoms with van der Waals surface area (Å²) in [6.07, 6.45) is 0. The number of carbonyl (C=O) groups excluding carboxylic acids is 2. The minimum Gasteiger partial charge on any atom is -0.495 e. The highest BCUT2D eigenvalue weighted by atomic mass is 16.5. The molecular formula is C16H21N3O3. The number of anilines is 1. The van der Waals surface area contributed by atoms with E-state index in [0.29, 0.717) is 17.9 Å². The van der Waals surface area contributed by atoms with E-state index in [-0.39, 0.29) is 0 Å². The van der Waals surface area contributed by atoms with Gasteiger partial charge >= 0.3 is 6.03 Å². The molecule has 0 bridgehead atoms. The van der Waals surface area contributed by atoms with Crippen LogP contribution < -0.4 is 15.5 Å². The predicted octanol–water partition coefficient (Wildman–Crippen LogP) is 1.94. The highest BCUT2D eigenvalue weighted by Gasteiger charge is 2.29. The molecule has 2 N–H and O–H groups in total. The molecule has 6 heteroatoms. The molecule has 1 aromatic rings. The Kier molecular flexibility index (Phi) is 4.70. The van der Waals surface area contributed by atoms with Gasteiger partial charge in [0.15, 0.2) is 0 Å². The Morgan fingerprint density at radius 2 is 1.82 bits per heavy atom. The molecule has 1 aliphatic heterocycles. The first-order chi connectivity index (χ1) is 10.4. The molecule has 1 aromatic carbocycles. The van der Waals surface area contributed by atoms with Gasteiger partial charge in [-0.1, -0.05) is 12.1 Å². The fourth-order valence-corrected chi connectivity index (χ4v) is 2.30. The first kappa shape index (κ1) is 15.9. The second-order valence-corrected chi connectivity index (χ2v) is 5.27. The van der Waals surface area contributed by atoms with E-state index < -0.39 is 18.0 Å². The summed E-state index contributed by atoms with van der Waals surface area (Å²) < 4.78 is 5.63. The van der Waals surface area contributed by atoms with Crippen molar-refractivity contribution in [3.05, 3.63) is 41.2 Å². The van der Waals surface area contributed by atoms with Crippen LogP contribution in [0.3, 0.4) is 0 Å². The number of urea groups is 1. The standard InChI is InChI=1S/C16H21N3O3/c1-5-22-14-10(2)15(20)18-16(21)17-13(14)11-6-8-12(9-7-11)19(3)4/h6-9,13H,5H2,1-4H3,(H2,17,18,20,21). The summed E-state index contributed by atoms with van der Waals surface area (Å²) in [5.41, 5.74) is 2.32. The largest absolute Gasteiger partial charge is 0.495 e. The highest BCUT2D eigenvalue weighted by molar-refractivity contribution is 6.05. The van der Waals surface area contributed by atoms with Crippen molar-refractivity contribution < 1.29 is 14.3 Å². The summed E-state index contributed by atoms with van der Waals surface area (Å²) >= 11 is 0. The molecule has 1 heterocycles. The molecule has 3 amide bonds. The molecule has 0 aliphatic carbocycles. The van der Waals surface area contributed by atoms with E-state index >= 15 is 0 Å². The van der Waals surface area contributed by atoms with E-state index in [4.69, 9.17) is 4.74 Å². The molecule has 0 radical (unpaired) electrons. The van der Waals surface area contributed by atoms with E-state index in [9.17, 15) is 9.59 Å². The molecule has 118 valence electrons. The van der Waals surface area contributed by atoms with Crippen molar-refractivity contribution >= 4 is 17.6 Å². The van der Waals surface area contributed by atoms with Gasteiger partial charge in [-0.3, -0.25) is 10.1 Å². The number of hydrogen-bond donors (Lipinski definition) is 2. The Labute approximate surface area is 130 Å². The average Bonchev–Trinajstić information content (AvgIpc) is 2.59. The molecule has 22 heavy (non-hydrogen) atoms. The van der Waals surface area contributed by atoms with Gasteiger partial charge in [0.05, 0.1) is 12.2 Å². The lowest BCUT2D eigenvalue weighted by Crippen LogP contribution is -2.38. The maximum atomic E-state index is 11.9. The third kappa shape index (κ3) is 3.21. The highest BCUT2D eigenvalue weighted by Crippen LogP contribution is 2.28. The van der Waals surface area contributed by atoms with Gasteiger partial charge < -0.3 is 15.0 Å². The molecule has 0 fully saturated rings. The molecule has 0 spiro atoms. The smallest absolute Gasteiger partial charge is 0.322 e. The van der Waals surface area contributed by atoms with Gasteiger partial charge in [-0.2, -0.15) is 0 Å². The van der Waals surface area contributed by atoms with E-state index in [1.165, 1.54) is 0 Å². The SMILES string of the molecule is CCOC1=C(C)C(=O)NC(=O)NC1c1ccc(N(C)C)cc1. The second-order valence-electron chi connectivity index (χ2n) is 5.27. The van der Waals surface area contributed by atoms with Crippen LogP contribution in [0.15, 0.2) is 35.6 Å². The molecule has 1 unspecified atom stereocenters. The number of hydrogen-bond acceptors (Lipinski definition) is 4. The molecule has 2 rings (SSSR count). The molecule has 0 aromatic heterocycles. The van der Waals surface area contributed by atoms with Crippen molar-refractivity contribution in [1.82, 2.24) is 10.6 Å². The van der Waals surface area contributed by atoms with Gasteiger partial charge in [0.2, 0.25) is 0 Å². The molecule has 1 atom stereocenters. The Morgan fingerprint density at radius 3 is 2.36 bits per heavy atom. The topological polar surface area (TPSA) is 70.7 Å². The van der Waals surface area contributed by atoms with Crippen molar-refractivity contribution in [3.8, 4) is 0 Å². The Hall–Kier alpha value is -2.50. The van der Waals surface area contributed by atoms with Crippen LogP contribution in [0.25, 0.3) is 0 Å². The van der Waals surface area contributed by atoms with E-state index in [0.717, 1.165) is 11.3 Å². The zero-order valence-electron chi connectivity index (χ0n) is 13.3. The van der Waals surface area contributed by atoms with Crippen LogP contribution in [-0.4, -0.2) is 32.6 Å². The monoisotopic (exact) mass is 303 g/mol. The van der Waals surface area contributed by atoms with Crippen LogP contribution in [-0.2, 0) is 9.53 Å². The van der Waals surface area contributed by atoms with Gasteiger partial charge in [0, 0.05) is 19.8 Å². The van der Waals surface area contributed by atoms with Crippen LogP contribution in [0, 0.1) is 0 Å². The summed E-state index contributed by atoms with van der Waals surface area (Å²) in [5.74, 6) is 0.0387. The summed E-state index contributed by atoms with van der Waals surface area (Å²) in [7, 11) is 3.92. The third-order valence-electron chi connectivity index (χ3n) is 3.52. The van der Waals surface area contributed by atoms with Crippen LogP contribution in [0.2, 0.25) is 0 Å². The number of nitrogens with one attached hydrogen (secondary N) is 2. The summed E-state index contributed by atoms with van der Waals surface area (Å²) in [6, 6.07) is 6.74. The minimum absolute atomic E-state index is 0.405. The zero-order chi connectivity index (χ0) is 16.3. The van der Waals surface area contributed by atoms with Crippen LogP contribution in [0.4, 0.5) is 10.5 Å². The number of imide groups is 1.